The first-order valence-electron chi connectivity index (χ1n) is 2.68. The van der Waals surface area contributed by atoms with Gasteiger partial charge in [0.1, 0.15) is 0 Å². The second-order valence-electron chi connectivity index (χ2n) is 1.42. The summed E-state index contributed by atoms with van der Waals surface area (Å²) in [7, 11) is 1.94. The highest BCUT2D eigenvalue weighted by Crippen LogP contribution is 1.90. The number of allylic oxidation sites excluding steroid dienone is 2. The van der Waals surface area contributed by atoms with Crippen LogP contribution in [0.2, 0.25) is 0 Å². The van der Waals surface area contributed by atoms with Crippen LogP contribution >= 0.6 is 0 Å². The number of rotatable bonds is 2. The fraction of sp³-hybridized carbons (Fsp3) is 0.667. The maximum Gasteiger partial charge on any atom is 0.00579 e. The second-order valence-corrected chi connectivity index (χ2v) is 1.42. The topological polar surface area (TPSA) is 12.0 Å². The molecule has 1 N–H and O–H groups in total. The summed E-state index contributed by atoms with van der Waals surface area (Å²) in [5.74, 6) is 0. The van der Waals surface area contributed by atoms with Gasteiger partial charge in [0, 0.05) is 12.7 Å². The van der Waals surface area contributed by atoms with E-state index < -0.39 is 0 Å². The molecule has 0 heterocycles. The summed E-state index contributed by atoms with van der Waals surface area (Å²) in [6.45, 7) is 4.17. The van der Waals surface area contributed by atoms with Crippen molar-refractivity contribution in [1.82, 2.24) is 5.32 Å². The summed E-state index contributed by atoms with van der Waals surface area (Å²) in [6.07, 6.45) is 3.19. The molecule has 0 spiro atoms. The van der Waals surface area contributed by atoms with Crippen LogP contribution in [0.25, 0.3) is 0 Å². The van der Waals surface area contributed by atoms with Crippen molar-refractivity contribution in [2.24, 2.45) is 0 Å². The normalized spacial score (nSPS) is 11.6. The molecule has 0 saturated heterocycles. The summed E-state index contributed by atoms with van der Waals surface area (Å²) in [5, 5.41) is 3.06. The van der Waals surface area contributed by atoms with Crippen LogP contribution in [0.5, 0.6) is 0 Å². The van der Waals surface area contributed by atoms with Gasteiger partial charge in [-0.1, -0.05) is 13.0 Å². The van der Waals surface area contributed by atoms with Crippen LogP contribution in [0.4, 0.5) is 0 Å². The molecule has 1 heteroatoms. The standard InChI is InChI=1S/C6H13N/c1-4-6(5-2)7-3/h4,7H,5H2,1-3H3/b6-4+. The molecule has 0 aliphatic carbocycles. The van der Waals surface area contributed by atoms with Crippen LogP contribution < -0.4 is 5.32 Å². The van der Waals surface area contributed by atoms with Gasteiger partial charge in [-0.05, 0) is 13.3 Å². The van der Waals surface area contributed by atoms with E-state index in [4.69, 9.17) is 0 Å². The van der Waals surface area contributed by atoms with E-state index in [9.17, 15) is 0 Å². The molecule has 0 fully saturated rings. The Kier molecular flexibility index (Phi) is 3.48. The number of nitrogens with one attached hydrogen (secondary N) is 1. The Morgan fingerprint density at radius 2 is 2.29 bits per heavy atom. The second kappa shape index (κ2) is 3.72. The third kappa shape index (κ3) is 2.26. The SMILES string of the molecule is C/C=C(\CC)NC. The zero-order valence-corrected chi connectivity index (χ0v) is 5.28. The predicted molar refractivity (Wildman–Crippen MR) is 33.1 cm³/mol. The highest BCUT2D eigenvalue weighted by Gasteiger charge is 1.79. The highest BCUT2D eigenvalue weighted by atomic mass is 14.8. The van der Waals surface area contributed by atoms with Gasteiger partial charge >= 0.3 is 0 Å². The maximum absolute atomic E-state index is 3.06. The molecule has 0 aromatic rings. The van der Waals surface area contributed by atoms with Crippen molar-refractivity contribution >= 4 is 0 Å². The molecule has 0 aromatic heterocycles. The summed E-state index contributed by atoms with van der Waals surface area (Å²) in [6, 6.07) is 0. The Hall–Kier alpha value is -0.460. The lowest BCUT2D eigenvalue weighted by molar-refractivity contribution is 0.896. The molecule has 0 radical (unpaired) electrons. The van der Waals surface area contributed by atoms with E-state index in [2.05, 4.69) is 18.3 Å². The molecule has 1 nitrogen and oxygen atoms in total. The third-order valence-corrected chi connectivity index (χ3v) is 1.05. The fourth-order valence-electron chi connectivity index (χ4n) is 0.525. The van der Waals surface area contributed by atoms with E-state index in [1.807, 2.05) is 14.0 Å². The van der Waals surface area contributed by atoms with E-state index >= 15 is 0 Å². The van der Waals surface area contributed by atoms with Crippen LogP contribution in [0.3, 0.4) is 0 Å². The minimum Gasteiger partial charge on any atom is -0.392 e. The molecular formula is C6H13N. The van der Waals surface area contributed by atoms with E-state index in [-0.39, 0.29) is 0 Å². The first kappa shape index (κ1) is 6.54. The van der Waals surface area contributed by atoms with E-state index in [1.54, 1.807) is 0 Å². The van der Waals surface area contributed by atoms with Crippen molar-refractivity contribution in [3.05, 3.63) is 11.8 Å². The zero-order valence-electron chi connectivity index (χ0n) is 5.28. The van der Waals surface area contributed by atoms with Crippen molar-refractivity contribution < 1.29 is 0 Å². The van der Waals surface area contributed by atoms with Gasteiger partial charge in [-0.25, -0.2) is 0 Å². The monoisotopic (exact) mass is 99.1 g/mol. The van der Waals surface area contributed by atoms with Crippen LogP contribution in [0.1, 0.15) is 20.3 Å². The average molecular weight is 99.2 g/mol. The molecule has 0 atom stereocenters. The predicted octanol–water partition coefficient (Wildman–Crippen LogP) is 1.52. The number of hydrogen-bond acceptors (Lipinski definition) is 1. The van der Waals surface area contributed by atoms with Gasteiger partial charge in [-0.15, -0.1) is 0 Å². The van der Waals surface area contributed by atoms with E-state index in [0.717, 1.165) is 6.42 Å². The third-order valence-electron chi connectivity index (χ3n) is 1.05. The zero-order chi connectivity index (χ0) is 5.70. The van der Waals surface area contributed by atoms with Gasteiger partial charge in [-0.3, -0.25) is 0 Å². The lowest BCUT2D eigenvalue weighted by Crippen LogP contribution is -2.02. The Balaban J connectivity index is 3.38. The molecular weight excluding hydrogens is 86.1 g/mol. The van der Waals surface area contributed by atoms with Gasteiger partial charge in [-0.2, -0.15) is 0 Å². The van der Waals surface area contributed by atoms with E-state index in [1.165, 1.54) is 5.70 Å². The summed E-state index contributed by atoms with van der Waals surface area (Å²) in [4.78, 5) is 0. The highest BCUT2D eigenvalue weighted by molar-refractivity contribution is 4.94. The van der Waals surface area contributed by atoms with Crippen LogP contribution in [0.15, 0.2) is 11.8 Å². The molecule has 7 heavy (non-hydrogen) atoms. The molecule has 0 aliphatic rings. The Morgan fingerprint density at radius 1 is 1.71 bits per heavy atom. The fourth-order valence-corrected chi connectivity index (χ4v) is 0.525. The first-order chi connectivity index (χ1) is 3.35. The average Bonchev–Trinajstić information content (AvgIpc) is 1.72. The molecule has 0 aromatic carbocycles. The Morgan fingerprint density at radius 3 is 2.29 bits per heavy atom. The van der Waals surface area contributed by atoms with Crippen LogP contribution in [-0.4, -0.2) is 7.05 Å². The smallest absolute Gasteiger partial charge is 0.00579 e. The van der Waals surface area contributed by atoms with Gasteiger partial charge in [0.15, 0.2) is 0 Å². The van der Waals surface area contributed by atoms with Crippen molar-refractivity contribution in [2.45, 2.75) is 20.3 Å². The quantitative estimate of drug-likeness (QED) is 0.553. The minimum atomic E-state index is 1.10. The Bertz CT molecular complexity index is 58.6. The summed E-state index contributed by atoms with van der Waals surface area (Å²) < 4.78 is 0. The summed E-state index contributed by atoms with van der Waals surface area (Å²) in [5.41, 5.74) is 1.31. The molecule has 42 valence electrons. The maximum atomic E-state index is 3.06. The molecule has 0 rings (SSSR count). The lowest BCUT2D eigenvalue weighted by atomic mass is 10.3. The van der Waals surface area contributed by atoms with Crippen molar-refractivity contribution in [3.8, 4) is 0 Å². The first-order valence-corrected chi connectivity index (χ1v) is 2.68. The molecule has 0 aliphatic heterocycles. The van der Waals surface area contributed by atoms with Gasteiger partial charge in [0.2, 0.25) is 0 Å². The summed E-state index contributed by atoms with van der Waals surface area (Å²) >= 11 is 0. The molecule has 0 saturated carbocycles. The van der Waals surface area contributed by atoms with Crippen molar-refractivity contribution in [3.63, 3.8) is 0 Å². The van der Waals surface area contributed by atoms with Crippen LogP contribution in [0, 0.1) is 0 Å². The number of hydrogen-bond donors (Lipinski definition) is 1. The van der Waals surface area contributed by atoms with Crippen LogP contribution in [-0.2, 0) is 0 Å². The van der Waals surface area contributed by atoms with Crippen molar-refractivity contribution in [2.75, 3.05) is 7.05 Å². The molecule has 0 bridgehead atoms. The van der Waals surface area contributed by atoms with Gasteiger partial charge in [0.25, 0.3) is 0 Å². The lowest BCUT2D eigenvalue weighted by Gasteiger charge is -1.98. The van der Waals surface area contributed by atoms with Gasteiger partial charge < -0.3 is 5.32 Å². The molecule has 0 amide bonds. The minimum absolute atomic E-state index is 1.10. The Labute approximate surface area is 45.4 Å². The van der Waals surface area contributed by atoms with Crippen molar-refractivity contribution in [1.29, 1.82) is 0 Å². The van der Waals surface area contributed by atoms with Gasteiger partial charge in [0.05, 0.1) is 0 Å². The molecule has 0 unspecified atom stereocenters. The van der Waals surface area contributed by atoms with E-state index in [0.29, 0.717) is 0 Å². The largest absolute Gasteiger partial charge is 0.392 e.